The Bertz CT molecular complexity index is 1090. The van der Waals surface area contributed by atoms with E-state index in [4.69, 9.17) is 4.74 Å². The highest BCUT2D eigenvalue weighted by atomic mass is 19.1. The fourth-order valence-corrected chi connectivity index (χ4v) is 4.43. The van der Waals surface area contributed by atoms with Crippen molar-refractivity contribution in [2.24, 2.45) is 0 Å². The Balaban J connectivity index is 1.47. The van der Waals surface area contributed by atoms with E-state index in [1.54, 1.807) is 31.4 Å². The van der Waals surface area contributed by atoms with Gasteiger partial charge in [0, 0.05) is 63.8 Å². The first kappa shape index (κ1) is 24.5. The van der Waals surface area contributed by atoms with Gasteiger partial charge in [-0.3, -0.25) is 9.69 Å². The smallest absolute Gasteiger partial charge is 0.251 e. The highest BCUT2D eigenvalue weighted by Crippen LogP contribution is 2.26. The van der Waals surface area contributed by atoms with Crippen molar-refractivity contribution in [3.63, 3.8) is 0 Å². The number of nitrogens with one attached hydrogen (secondary N) is 1. The first-order valence-electron chi connectivity index (χ1n) is 11.9. The van der Waals surface area contributed by atoms with E-state index in [-0.39, 0.29) is 17.8 Å². The molecule has 0 aromatic heterocycles. The molecular formula is C28H33FN4O2. The number of anilines is 2. The second kappa shape index (κ2) is 11.2. The SMILES string of the molecule is COc1ccc(C(=O)NC[C@H](c2ccc(N(C)C)cc2)N2CCN(c3ccc(F)cc3)CC2)cc1. The molecule has 1 fully saturated rings. The van der Waals surface area contributed by atoms with Gasteiger partial charge >= 0.3 is 0 Å². The number of carbonyl (C=O) groups excluding carboxylic acids is 1. The van der Waals surface area contributed by atoms with Crippen molar-refractivity contribution >= 4 is 17.3 Å². The lowest BCUT2D eigenvalue weighted by atomic mass is 10.0. The van der Waals surface area contributed by atoms with Gasteiger partial charge in [0.05, 0.1) is 13.2 Å². The van der Waals surface area contributed by atoms with Gasteiger partial charge in [0.25, 0.3) is 5.91 Å². The van der Waals surface area contributed by atoms with E-state index < -0.39 is 0 Å². The number of piperazine rings is 1. The summed E-state index contributed by atoms with van der Waals surface area (Å²) in [6, 6.07) is 22.4. The predicted octanol–water partition coefficient (Wildman–Crippen LogP) is 4.19. The zero-order valence-electron chi connectivity index (χ0n) is 20.6. The number of rotatable bonds is 8. The molecule has 6 nitrogen and oxygen atoms in total. The van der Waals surface area contributed by atoms with Crippen LogP contribution in [0.1, 0.15) is 22.0 Å². The normalized spacial score (nSPS) is 14.9. The molecule has 0 spiro atoms. The summed E-state index contributed by atoms with van der Waals surface area (Å²) in [7, 11) is 5.66. The van der Waals surface area contributed by atoms with E-state index in [1.165, 1.54) is 17.7 Å². The van der Waals surface area contributed by atoms with Crippen LogP contribution in [-0.4, -0.2) is 64.7 Å². The highest BCUT2D eigenvalue weighted by molar-refractivity contribution is 5.94. The number of ether oxygens (including phenoxy) is 1. The van der Waals surface area contributed by atoms with Gasteiger partial charge in [-0.25, -0.2) is 4.39 Å². The number of methoxy groups -OCH3 is 1. The van der Waals surface area contributed by atoms with Gasteiger partial charge in [-0.1, -0.05) is 12.1 Å². The fourth-order valence-electron chi connectivity index (χ4n) is 4.43. The Morgan fingerprint density at radius 3 is 2.14 bits per heavy atom. The van der Waals surface area contributed by atoms with E-state index in [2.05, 4.69) is 44.3 Å². The maximum Gasteiger partial charge on any atom is 0.251 e. The third-order valence-electron chi connectivity index (χ3n) is 6.55. The van der Waals surface area contributed by atoms with Crippen LogP contribution in [0.15, 0.2) is 72.8 Å². The van der Waals surface area contributed by atoms with Gasteiger partial charge in [-0.15, -0.1) is 0 Å². The van der Waals surface area contributed by atoms with Gasteiger partial charge in [0.1, 0.15) is 11.6 Å². The Morgan fingerprint density at radius 2 is 1.57 bits per heavy atom. The molecule has 35 heavy (non-hydrogen) atoms. The van der Waals surface area contributed by atoms with Gasteiger partial charge in [0.2, 0.25) is 0 Å². The molecule has 0 aliphatic carbocycles. The van der Waals surface area contributed by atoms with Crippen LogP contribution in [0.5, 0.6) is 5.75 Å². The second-order valence-corrected chi connectivity index (χ2v) is 8.94. The molecule has 1 heterocycles. The topological polar surface area (TPSA) is 48.1 Å². The minimum atomic E-state index is -0.221. The number of benzene rings is 3. The van der Waals surface area contributed by atoms with Crippen molar-refractivity contribution in [1.82, 2.24) is 10.2 Å². The van der Waals surface area contributed by atoms with E-state index in [1.807, 2.05) is 26.2 Å². The monoisotopic (exact) mass is 476 g/mol. The maximum absolute atomic E-state index is 13.3. The van der Waals surface area contributed by atoms with E-state index in [9.17, 15) is 9.18 Å². The molecule has 7 heteroatoms. The molecule has 0 saturated carbocycles. The first-order chi connectivity index (χ1) is 16.9. The van der Waals surface area contributed by atoms with E-state index in [0.29, 0.717) is 12.1 Å². The summed E-state index contributed by atoms with van der Waals surface area (Å²) in [5, 5.41) is 3.13. The largest absolute Gasteiger partial charge is 0.497 e. The lowest BCUT2D eigenvalue weighted by Gasteiger charge is -2.40. The number of nitrogens with zero attached hydrogens (tertiary/aromatic N) is 3. The van der Waals surface area contributed by atoms with Crippen molar-refractivity contribution in [2.45, 2.75) is 6.04 Å². The van der Waals surface area contributed by atoms with E-state index >= 15 is 0 Å². The molecule has 4 rings (SSSR count). The van der Waals surface area contributed by atoms with Crippen LogP contribution in [0.3, 0.4) is 0 Å². The Kier molecular flexibility index (Phi) is 7.87. The van der Waals surface area contributed by atoms with Gasteiger partial charge in [0.15, 0.2) is 0 Å². The average molecular weight is 477 g/mol. The highest BCUT2D eigenvalue weighted by Gasteiger charge is 2.26. The van der Waals surface area contributed by atoms with Crippen molar-refractivity contribution < 1.29 is 13.9 Å². The van der Waals surface area contributed by atoms with Crippen molar-refractivity contribution in [2.75, 3.05) is 63.7 Å². The summed E-state index contributed by atoms with van der Waals surface area (Å²) >= 11 is 0. The van der Waals surface area contributed by atoms with Crippen LogP contribution in [0.4, 0.5) is 15.8 Å². The third kappa shape index (κ3) is 6.11. The molecule has 1 aliphatic rings. The minimum absolute atomic E-state index is 0.0452. The summed E-state index contributed by atoms with van der Waals surface area (Å²) in [5.41, 5.74) is 3.94. The number of carbonyl (C=O) groups is 1. The van der Waals surface area contributed by atoms with Gasteiger partial charge in [-0.2, -0.15) is 0 Å². The molecular weight excluding hydrogens is 443 g/mol. The quantitative estimate of drug-likeness (QED) is 0.528. The summed E-state index contributed by atoms with van der Waals surface area (Å²) in [4.78, 5) is 19.6. The van der Waals surface area contributed by atoms with Crippen molar-refractivity contribution in [3.05, 3.63) is 89.7 Å². The molecule has 1 N–H and O–H groups in total. The first-order valence-corrected chi connectivity index (χ1v) is 11.9. The summed E-state index contributed by atoms with van der Waals surface area (Å²) in [5.74, 6) is 0.396. The molecule has 3 aromatic rings. The predicted molar refractivity (Wildman–Crippen MR) is 139 cm³/mol. The Hall–Kier alpha value is -3.58. The van der Waals surface area contributed by atoms with Crippen LogP contribution in [0, 0.1) is 5.82 Å². The van der Waals surface area contributed by atoms with Gasteiger partial charge < -0.3 is 19.9 Å². The molecule has 184 valence electrons. The van der Waals surface area contributed by atoms with E-state index in [0.717, 1.165) is 43.3 Å². The molecule has 1 amide bonds. The molecule has 1 saturated heterocycles. The van der Waals surface area contributed by atoms with Crippen LogP contribution < -0.4 is 19.9 Å². The summed E-state index contributed by atoms with van der Waals surface area (Å²) < 4.78 is 18.5. The summed E-state index contributed by atoms with van der Waals surface area (Å²) in [6.07, 6.45) is 0. The van der Waals surface area contributed by atoms with Crippen molar-refractivity contribution in [3.8, 4) is 5.75 Å². The van der Waals surface area contributed by atoms with Crippen LogP contribution in [-0.2, 0) is 0 Å². The summed E-state index contributed by atoms with van der Waals surface area (Å²) in [6.45, 7) is 3.86. The lowest BCUT2D eigenvalue weighted by Crippen LogP contribution is -2.50. The number of halogens is 1. The number of hydrogen-bond donors (Lipinski definition) is 1. The lowest BCUT2D eigenvalue weighted by molar-refractivity contribution is 0.0930. The zero-order chi connectivity index (χ0) is 24.8. The molecule has 0 unspecified atom stereocenters. The Morgan fingerprint density at radius 1 is 0.943 bits per heavy atom. The van der Waals surface area contributed by atoms with Gasteiger partial charge in [-0.05, 0) is 66.2 Å². The Labute approximate surface area is 206 Å². The van der Waals surface area contributed by atoms with Crippen molar-refractivity contribution in [1.29, 1.82) is 0 Å². The third-order valence-corrected chi connectivity index (χ3v) is 6.55. The molecule has 0 bridgehead atoms. The fraction of sp³-hybridized carbons (Fsp3) is 0.321. The maximum atomic E-state index is 13.3. The molecule has 3 aromatic carbocycles. The van der Waals surface area contributed by atoms with Crippen LogP contribution >= 0.6 is 0 Å². The number of hydrogen-bond acceptors (Lipinski definition) is 5. The molecule has 1 aliphatic heterocycles. The average Bonchev–Trinajstić information content (AvgIpc) is 2.90. The molecule has 1 atom stereocenters. The second-order valence-electron chi connectivity index (χ2n) is 8.94. The minimum Gasteiger partial charge on any atom is -0.497 e. The standard InChI is InChI=1S/C28H33FN4O2/c1-31(2)24-10-4-21(5-11-24)27(20-30-28(34)22-6-14-26(35-3)15-7-22)33-18-16-32(17-19-33)25-12-8-23(29)9-13-25/h4-15,27H,16-20H2,1-3H3,(H,30,34)/t27-/m1/s1. The van der Waals surface area contributed by atoms with Crippen LogP contribution in [0.2, 0.25) is 0 Å². The van der Waals surface area contributed by atoms with Crippen LogP contribution in [0.25, 0.3) is 0 Å². The molecule has 0 radical (unpaired) electrons. The zero-order valence-corrected chi connectivity index (χ0v) is 20.6. The number of amides is 1.